The van der Waals surface area contributed by atoms with Crippen LogP contribution in [0.15, 0.2) is 40.9 Å². The molecule has 1 aliphatic heterocycles. The van der Waals surface area contributed by atoms with Crippen molar-refractivity contribution in [3.05, 3.63) is 52.4 Å². The van der Waals surface area contributed by atoms with Crippen LogP contribution >= 0.6 is 15.9 Å². The molecule has 0 saturated carbocycles. The number of hydrogen-bond acceptors (Lipinski definition) is 6. The second kappa shape index (κ2) is 7.64. The number of rotatable bonds is 6. The molecule has 0 unspecified atom stereocenters. The maximum Gasteiger partial charge on any atom is 0.294 e. The number of aliphatic hydroxyl groups excluding tert-OH is 1. The van der Waals surface area contributed by atoms with Crippen LogP contribution in [0.4, 0.5) is 10.1 Å². The summed E-state index contributed by atoms with van der Waals surface area (Å²) in [4.78, 5) is 21.2. The van der Waals surface area contributed by atoms with Crippen LogP contribution in [0.3, 0.4) is 0 Å². The highest BCUT2D eigenvalue weighted by Gasteiger charge is 2.25. The predicted molar refractivity (Wildman–Crippen MR) is 90.9 cm³/mol. The lowest BCUT2D eigenvalue weighted by Crippen LogP contribution is -2.40. The van der Waals surface area contributed by atoms with E-state index in [1.54, 1.807) is 35.4 Å². The Morgan fingerprint density at radius 3 is 3.08 bits per heavy atom. The van der Waals surface area contributed by atoms with E-state index in [1.165, 1.54) is 11.1 Å². The standard InChI is InChI=1S/C15H15BrFN5O3/c16-10-1-2-13(12(17)5-10)19-22-7-11-6-18-9-21(11)8-14(22)15(24)20-25-4-3-23/h1-2,5-6,8-9,19,23H,3-4,7H2,(H,20,24). The van der Waals surface area contributed by atoms with Crippen molar-refractivity contribution < 1.29 is 19.1 Å². The van der Waals surface area contributed by atoms with Crippen LogP contribution in [-0.4, -0.2) is 38.8 Å². The number of amides is 1. The van der Waals surface area contributed by atoms with Gasteiger partial charge in [-0.25, -0.2) is 14.9 Å². The van der Waals surface area contributed by atoms with Crippen LogP contribution in [-0.2, 0) is 16.2 Å². The average Bonchev–Trinajstić information content (AvgIpc) is 3.04. The molecule has 0 spiro atoms. The smallest absolute Gasteiger partial charge is 0.294 e. The lowest BCUT2D eigenvalue weighted by Gasteiger charge is -2.31. The number of anilines is 1. The highest BCUT2D eigenvalue weighted by molar-refractivity contribution is 9.10. The summed E-state index contributed by atoms with van der Waals surface area (Å²) in [5.41, 5.74) is 6.35. The molecule has 0 aliphatic carbocycles. The number of halogens is 2. The first-order chi connectivity index (χ1) is 12.1. The fraction of sp³-hybridized carbons (Fsp3) is 0.200. The summed E-state index contributed by atoms with van der Waals surface area (Å²) in [5.74, 6) is -1.01. The minimum absolute atomic E-state index is 0.0376. The average molecular weight is 412 g/mol. The highest BCUT2D eigenvalue weighted by Crippen LogP contribution is 2.24. The Hall–Kier alpha value is -2.43. The zero-order chi connectivity index (χ0) is 17.8. The molecule has 0 bridgehead atoms. The predicted octanol–water partition coefficient (Wildman–Crippen LogP) is 1.47. The Morgan fingerprint density at radius 1 is 1.48 bits per heavy atom. The molecule has 2 heterocycles. The Morgan fingerprint density at radius 2 is 2.32 bits per heavy atom. The molecule has 1 aromatic heterocycles. The van der Waals surface area contributed by atoms with E-state index in [0.29, 0.717) is 4.47 Å². The number of nitrogens with one attached hydrogen (secondary N) is 2. The Balaban J connectivity index is 1.84. The quantitative estimate of drug-likeness (QED) is 0.492. The van der Waals surface area contributed by atoms with Gasteiger partial charge in [-0.2, -0.15) is 0 Å². The lowest BCUT2D eigenvalue weighted by molar-refractivity contribution is -0.131. The summed E-state index contributed by atoms with van der Waals surface area (Å²) in [6.07, 6.45) is 4.77. The number of fused-ring (bicyclic) bond motifs is 1. The number of aromatic nitrogens is 2. The van der Waals surface area contributed by atoms with Gasteiger partial charge >= 0.3 is 0 Å². The first kappa shape index (κ1) is 17.4. The second-order valence-corrected chi connectivity index (χ2v) is 6.05. The maximum absolute atomic E-state index is 14.1. The summed E-state index contributed by atoms with van der Waals surface area (Å²) in [6, 6.07) is 4.57. The second-order valence-electron chi connectivity index (χ2n) is 5.13. The molecule has 132 valence electrons. The molecule has 0 fully saturated rings. The third-order valence-corrected chi connectivity index (χ3v) is 3.89. The monoisotopic (exact) mass is 411 g/mol. The minimum Gasteiger partial charge on any atom is -0.394 e. The Labute approximate surface area is 151 Å². The Kier molecular flexibility index (Phi) is 5.31. The number of benzene rings is 1. The summed E-state index contributed by atoms with van der Waals surface area (Å²) in [7, 11) is 0. The number of aliphatic hydroxyl groups is 1. The largest absolute Gasteiger partial charge is 0.394 e. The van der Waals surface area contributed by atoms with Crippen LogP contribution in [0.5, 0.6) is 0 Å². The van der Waals surface area contributed by atoms with Gasteiger partial charge in [0, 0.05) is 10.7 Å². The van der Waals surface area contributed by atoms with Gasteiger partial charge in [-0.05, 0) is 18.2 Å². The van der Waals surface area contributed by atoms with E-state index in [9.17, 15) is 9.18 Å². The van der Waals surface area contributed by atoms with E-state index < -0.39 is 11.7 Å². The Bertz CT molecular complexity index is 810. The van der Waals surface area contributed by atoms with Crippen LogP contribution in [0.1, 0.15) is 5.69 Å². The van der Waals surface area contributed by atoms with E-state index in [2.05, 4.69) is 31.8 Å². The summed E-state index contributed by atoms with van der Waals surface area (Å²) in [5, 5.41) is 10.2. The number of hydroxylamine groups is 1. The normalized spacial score (nSPS) is 13.2. The maximum atomic E-state index is 14.1. The number of nitrogens with zero attached hydrogens (tertiary/aromatic N) is 3. The molecule has 0 atom stereocenters. The van der Waals surface area contributed by atoms with E-state index in [-0.39, 0.29) is 31.1 Å². The van der Waals surface area contributed by atoms with Crippen molar-refractivity contribution in [2.45, 2.75) is 6.54 Å². The summed E-state index contributed by atoms with van der Waals surface area (Å²) >= 11 is 3.20. The van der Waals surface area contributed by atoms with Crippen LogP contribution < -0.4 is 10.9 Å². The van der Waals surface area contributed by atoms with E-state index in [1.807, 2.05) is 0 Å². The van der Waals surface area contributed by atoms with Crippen molar-refractivity contribution in [1.29, 1.82) is 0 Å². The third-order valence-electron chi connectivity index (χ3n) is 3.40. The van der Waals surface area contributed by atoms with E-state index >= 15 is 0 Å². The molecule has 0 saturated heterocycles. The zero-order valence-electron chi connectivity index (χ0n) is 12.9. The zero-order valence-corrected chi connectivity index (χ0v) is 14.5. The molecule has 8 nitrogen and oxygen atoms in total. The molecule has 2 aromatic rings. The van der Waals surface area contributed by atoms with Crippen LogP contribution in [0.2, 0.25) is 0 Å². The van der Waals surface area contributed by atoms with Crippen molar-refractivity contribution in [1.82, 2.24) is 20.0 Å². The van der Waals surface area contributed by atoms with Gasteiger partial charge in [-0.1, -0.05) is 15.9 Å². The molecule has 0 radical (unpaired) electrons. The fourth-order valence-corrected chi connectivity index (χ4v) is 2.57. The molecular weight excluding hydrogens is 397 g/mol. The van der Waals surface area contributed by atoms with Crippen molar-refractivity contribution in [3.8, 4) is 0 Å². The third kappa shape index (κ3) is 3.98. The minimum atomic E-state index is -0.544. The summed E-state index contributed by atoms with van der Waals surface area (Å²) < 4.78 is 16.4. The topological polar surface area (TPSA) is 91.6 Å². The van der Waals surface area contributed by atoms with Crippen molar-refractivity contribution in [2.24, 2.45) is 0 Å². The van der Waals surface area contributed by atoms with Crippen LogP contribution in [0, 0.1) is 5.82 Å². The van der Waals surface area contributed by atoms with Crippen molar-refractivity contribution in [3.63, 3.8) is 0 Å². The lowest BCUT2D eigenvalue weighted by atomic mass is 10.3. The SMILES string of the molecule is O=C(NOCCO)C1=Cn2cncc2CN1Nc1ccc(Br)cc1F. The van der Waals surface area contributed by atoms with Gasteiger partial charge in [0.1, 0.15) is 11.5 Å². The first-order valence-corrected chi connectivity index (χ1v) is 8.12. The molecule has 1 amide bonds. The van der Waals surface area contributed by atoms with Gasteiger partial charge in [0.05, 0.1) is 43.7 Å². The van der Waals surface area contributed by atoms with Crippen molar-refractivity contribution >= 4 is 33.7 Å². The molecule has 3 rings (SSSR count). The highest BCUT2D eigenvalue weighted by atomic mass is 79.9. The van der Waals surface area contributed by atoms with Gasteiger partial charge in [-0.3, -0.25) is 20.1 Å². The number of hydrazine groups is 1. The molecule has 3 N–H and O–H groups in total. The molecular formula is C15H15BrFN5O3. The fourth-order valence-electron chi connectivity index (χ4n) is 2.24. The first-order valence-electron chi connectivity index (χ1n) is 7.33. The van der Waals surface area contributed by atoms with E-state index in [0.717, 1.165) is 5.69 Å². The number of imidazole rings is 1. The van der Waals surface area contributed by atoms with E-state index in [4.69, 9.17) is 9.94 Å². The number of hydrogen-bond donors (Lipinski definition) is 3. The number of carbonyl (C=O) groups excluding carboxylic acids is 1. The number of carbonyl (C=O) groups is 1. The van der Waals surface area contributed by atoms with Crippen molar-refractivity contribution in [2.75, 3.05) is 18.6 Å². The summed E-state index contributed by atoms with van der Waals surface area (Å²) in [6.45, 7) is 0.0237. The molecule has 1 aromatic carbocycles. The van der Waals surface area contributed by atoms with Gasteiger partial charge in [0.25, 0.3) is 5.91 Å². The van der Waals surface area contributed by atoms with Gasteiger partial charge < -0.3 is 9.67 Å². The molecule has 1 aliphatic rings. The van der Waals surface area contributed by atoms with Gasteiger partial charge in [-0.15, -0.1) is 0 Å². The van der Waals surface area contributed by atoms with Gasteiger partial charge in [0.2, 0.25) is 0 Å². The molecule has 25 heavy (non-hydrogen) atoms. The van der Waals surface area contributed by atoms with Gasteiger partial charge in [0.15, 0.2) is 0 Å². The van der Waals surface area contributed by atoms with Crippen LogP contribution in [0.25, 0.3) is 6.20 Å². The molecule has 10 heteroatoms.